The molecule has 1 aromatic heterocycles. The van der Waals surface area contributed by atoms with Crippen molar-refractivity contribution in [3.05, 3.63) is 30.1 Å². The predicted octanol–water partition coefficient (Wildman–Crippen LogP) is 2.51. The minimum Gasteiger partial charge on any atom is -0.495 e. The number of carbonyl (C=O) groups excluding carboxylic acids is 1. The van der Waals surface area contributed by atoms with Crippen LogP contribution in [0.15, 0.2) is 24.3 Å². The molecule has 0 unspecified atom stereocenters. The van der Waals surface area contributed by atoms with Gasteiger partial charge in [-0.05, 0) is 24.5 Å². The molecule has 1 amide bonds. The molecule has 1 fully saturated rings. The van der Waals surface area contributed by atoms with E-state index in [4.69, 9.17) is 15.2 Å². The average molecular weight is 430 g/mol. The number of rotatable bonds is 7. The molecule has 2 heterocycles. The molecular formula is C21H31N7O3. The standard InChI is InChI=1S/C21H31N7O3/c1-15(2)14-31-21(29)28-10-6-9-27(11-12-28)13-18-24-19(22)26-20(25-18)23-16-7-4-5-8-17(16)30-3/h4-5,7-8,15H,6,9-14H2,1-3H3,(H3,22,23,24,25,26). The summed E-state index contributed by atoms with van der Waals surface area (Å²) >= 11 is 0. The Morgan fingerprint density at radius 3 is 2.74 bits per heavy atom. The van der Waals surface area contributed by atoms with Gasteiger partial charge in [0.25, 0.3) is 0 Å². The first-order valence-electron chi connectivity index (χ1n) is 10.5. The van der Waals surface area contributed by atoms with Gasteiger partial charge in [0.2, 0.25) is 11.9 Å². The van der Waals surface area contributed by atoms with Gasteiger partial charge in [0.1, 0.15) is 11.6 Å². The Labute approximate surface area is 182 Å². The molecule has 0 atom stereocenters. The van der Waals surface area contributed by atoms with Gasteiger partial charge >= 0.3 is 6.09 Å². The minimum absolute atomic E-state index is 0.149. The van der Waals surface area contributed by atoms with E-state index in [0.717, 1.165) is 18.7 Å². The summed E-state index contributed by atoms with van der Waals surface area (Å²) in [4.78, 5) is 29.2. The second-order valence-electron chi connectivity index (χ2n) is 7.85. The second kappa shape index (κ2) is 10.8. The topological polar surface area (TPSA) is 119 Å². The van der Waals surface area contributed by atoms with Crippen molar-refractivity contribution in [2.75, 3.05) is 50.9 Å². The molecule has 1 aliphatic rings. The SMILES string of the molecule is COc1ccccc1Nc1nc(N)nc(CN2CCCN(C(=O)OCC(C)C)CC2)n1. The van der Waals surface area contributed by atoms with E-state index in [1.807, 2.05) is 38.1 Å². The largest absolute Gasteiger partial charge is 0.495 e. The summed E-state index contributed by atoms with van der Waals surface area (Å²) in [7, 11) is 1.61. The fraction of sp³-hybridized carbons (Fsp3) is 0.524. The summed E-state index contributed by atoms with van der Waals surface area (Å²) in [6.45, 7) is 7.81. The zero-order chi connectivity index (χ0) is 22.2. The van der Waals surface area contributed by atoms with Crippen LogP contribution >= 0.6 is 0 Å². The number of hydrogen-bond donors (Lipinski definition) is 2. The third kappa shape index (κ3) is 6.68. The van der Waals surface area contributed by atoms with E-state index in [9.17, 15) is 4.79 Å². The van der Waals surface area contributed by atoms with Crippen LogP contribution in [0.4, 0.5) is 22.4 Å². The van der Waals surface area contributed by atoms with Gasteiger partial charge in [-0.1, -0.05) is 26.0 Å². The molecule has 1 aromatic carbocycles. The molecule has 0 radical (unpaired) electrons. The van der Waals surface area contributed by atoms with Gasteiger partial charge < -0.3 is 25.4 Å². The predicted molar refractivity (Wildman–Crippen MR) is 118 cm³/mol. The number of para-hydroxylation sites is 2. The number of ether oxygens (including phenoxy) is 2. The fourth-order valence-electron chi connectivity index (χ4n) is 3.27. The maximum Gasteiger partial charge on any atom is 0.409 e. The summed E-state index contributed by atoms with van der Waals surface area (Å²) in [5.74, 6) is 2.08. The molecule has 1 saturated heterocycles. The van der Waals surface area contributed by atoms with Crippen molar-refractivity contribution >= 4 is 23.7 Å². The van der Waals surface area contributed by atoms with Gasteiger partial charge in [0, 0.05) is 26.2 Å². The van der Waals surface area contributed by atoms with E-state index >= 15 is 0 Å². The van der Waals surface area contributed by atoms with Crippen molar-refractivity contribution < 1.29 is 14.3 Å². The monoisotopic (exact) mass is 429 g/mol. The molecule has 0 saturated carbocycles. The fourth-order valence-corrected chi connectivity index (χ4v) is 3.27. The summed E-state index contributed by atoms with van der Waals surface area (Å²) in [5, 5.41) is 3.14. The summed E-state index contributed by atoms with van der Waals surface area (Å²) in [6, 6.07) is 7.51. The van der Waals surface area contributed by atoms with Crippen molar-refractivity contribution in [3.63, 3.8) is 0 Å². The number of nitrogens with one attached hydrogen (secondary N) is 1. The van der Waals surface area contributed by atoms with Crippen LogP contribution in [0.5, 0.6) is 5.75 Å². The maximum atomic E-state index is 12.3. The number of carbonyl (C=O) groups is 1. The van der Waals surface area contributed by atoms with Gasteiger partial charge in [-0.15, -0.1) is 0 Å². The summed E-state index contributed by atoms with van der Waals surface area (Å²) in [5.41, 5.74) is 6.66. The van der Waals surface area contributed by atoms with Crippen LogP contribution in [0, 0.1) is 5.92 Å². The number of aromatic nitrogens is 3. The molecule has 31 heavy (non-hydrogen) atoms. The van der Waals surface area contributed by atoms with Crippen molar-refractivity contribution in [1.82, 2.24) is 24.8 Å². The quantitative estimate of drug-likeness (QED) is 0.684. The van der Waals surface area contributed by atoms with E-state index < -0.39 is 0 Å². The number of nitrogens with two attached hydrogens (primary N) is 1. The van der Waals surface area contributed by atoms with Gasteiger partial charge in [0.15, 0.2) is 0 Å². The first-order valence-corrected chi connectivity index (χ1v) is 10.5. The molecule has 0 bridgehead atoms. The highest BCUT2D eigenvalue weighted by Gasteiger charge is 2.21. The van der Waals surface area contributed by atoms with Gasteiger partial charge in [-0.25, -0.2) is 4.79 Å². The van der Waals surface area contributed by atoms with Crippen LogP contribution in [0.2, 0.25) is 0 Å². The zero-order valence-electron chi connectivity index (χ0n) is 18.4. The number of methoxy groups -OCH3 is 1. The number of amides is 1. The number of benzene rings is 1. The van der Waals surface area contributed by atoms with E-state index in [2.05, 4.69) is 25.2 Å². The molecule has 3 rings (SSSR count). The zero-order valence-corrected chi connectivity index (χ0v) is 18.4. The molecule has 168 valence electrons. The highest BCUT2D eigenvalue weighted by atomic mass is 16.6. The number of nitrogens with zero attached hydrogens (tertiary/aromatic N) is 5. The maximum absolute atomic E-state index is 12.3. The third-order valence-electron chi connectivity index (χ3n) is 4.80. The number of nitrogen functional groups attached to an aromatic ring is 1. The number of hydrogen-bond acceptors (Lipinski definition) is 9. The highest BCUT2D eigenvalue weighted by molar-refractivity contribution is 5.67. The lowest BCUT2D eigenvalue weighted by Gasteiger charge is -2.21. The molecule has 0 spiro atoms. The molecule has 1 aliphatic heterocycles. The van der Waals surface area contributed by atoms with Crippen molar-refractivity contribution in [2.24, 2.45) is 5.92 Å². The van der Waals surface area contributed by atoms with Crippen LogP contribution in [0.3, 0.4) is 0 Å². The summed E-state index contributed by atoms with van der Waals surface area (Å²) < 4.78 is 10.7. The Kier molecular flexibility index (Phi) is 7.82. The smallest absolute Gasteiger partial charge is 0.409 e. The third-order valence-corrected chi connectivity index (χ3v) is 4.80. The van der Waals surface area contributed by atoms with Crippen molar-refractivity contribution in [3.8, 4) is 5.75 Å². The molecule has 3 N–H and O–H groups in total. The lowest BCUT2D eigenvalue weighted by Crippen LogP contribution is -2.36. The molecular weight excluding hydrogens is 398 g/mol. The molecule has 10 nitrogen and oxygen atoms in total. The Bertz CT molecular complexity index is 878. The lowest BCUT2D eigenvalue weighted by molar-refractivity contribution is 0.0930. The van der Waals surface area contributed by atoms with Crippen LogP contribution in [0.1, 0.15) is 26.1 Å². The van der Waals surface area contributed by atoms with E-state index in [0.29, 0.717) is 56.2 Å². The molecule has 0 aliphatic carbocycles. The van der Waals surface area contributed by atoms with E-state index in [-0.39, 0.29) is 12.0 Å². The highest BCUT2D eigenvalue weighted by Crippen LogP contribution is 2.25. The van der Waals surface area contributed by atoms with Gasteiger partial charge in [0.05, 0.1) is 25.9 Å². The van der Waals surface area contributed by atoms with Crippen LogP contribution in [-0.2, 0) is 11.3 Å². The normalized spacial score (nSPS) is 14.9. The Morgan fingerprint density at radius 1 is 1.16 bits per heavy atom. The van der Waals surface area contributed by atoms with Gasteiger partial charge in [-0.2, -0.15) is 15.0 Å². The Hall–Kier alpha value is -3.14. The van der Waals surface area contributed by atoms with Crippen LogP contribution < -0.4 is 15.8 Å². The summed E-state index contributed by atoms with van der Waals surface area (Å²) in [6.07, 6.45) is 0.604. The molecule has 10 heteroatoms. The Balaban J connectivity index is 1.61. The van der Waals surface area contributed by atoms with E-state index in [1.165, 1.54) is 0 Å². The van der Waals surface area contributed by atoms with Crippen LogP contribution in [0.25, 0.3) is 0 Å². The average Bonchev–Trinajstić information content (AvgIpc) is 2.97. The Morgan fingerprint density at radius 2 is 1.97 bits per heavy atom. The first kappa shape index (κ1) is 22.5. The first-order chi connectivity index (χ1) is 14.9. The van der Waals surface area contributed by atoms with Gasteiger partial charge in [-0.3, -0.25) is 4.90 Å². The lowest BCUT2D eigenvalue weighted by atomic mass is 10.2. The number of anilines is 3. The van der Waals surface area contributed by atoms with Crippen molar-refractivity contribution in [1.29, 1.82) is 0 Å². The van der Waals surface area contributed by atoms with Crippen molar-refractivity contribution in [2.45, 2.75) is 26.8 Å². The second-order valence-corrected chi connectivity index (χ2v) is 7.85. The minimum atomic E-state index is -0.247. The van der Waals surface area contributed by atoms with Crippen LogP contribution in [-0.4, -0.2) is 70.7 Å². The molecule has 2 aromatic rings. The van der Waals surface area contributed by atoms with E-state index in [1.54, 1.807) is 12.0 Å².